The van der Waals surface area contributed by atoms with Crippen LogP contribution in [0.1, 0.15) is 58.8 Å². The standard InChI is InChI=1S/C11H20/c1-3-4-11-7-5-10(2,9-11)6-8-11/h3-9H2,1-2H3. The first-order valence-electron chi connectivity index (χ1n) is 5.18. The maximum Gasteiger partial charge on any atom is -0.0292 e. The quantitative estimate of drug-likeness (QED) is 0.565. The predicted molar refractivity (Wildman–Crippen MR) is 48.5 cm³/mol. The third kappa shape index (κ3) is 1.11. The van der Waals surface area contributed by atoms with Crippen LogP contribution in [-0.2, 0) is 0 Å². The molecule has 2 saturated carbocycles. The van der Waals surface area contributed by atoms with Gasteiger partial charge in [-0.05, 0) is 49.4 Å². The molecule has 0 aromatic carbocycles. The summed E-state index contributed by atoms with van der Waals surface area (Å²) in [6.07, 6.45) is 10.6. The molecule has 0 spiro atoms. The lowest BCUT2D eigenvalue weighted by atomic mass is 9.80. The van der Waals surface area contributed by atoms with E-state index in [0.717, 1.165) is 10.8 Å². The van der Waals surface area contributed by atoms with Crippen molar-refractivity contribution >= 4 is 0 Å². The molecule has 2 bridgehead atoms. The Hall–Kier alpha value is 0. The summed E-state index contributed by atoms with van der Waals surface area (Å²) in [7, 11) is 0. The van der Waals surface area contributed by atoms with Crippen LogP contribution in [0.5, 0.6) is 0 Å². The van der Waals surface area contributed by atoms with Crippen molar-refractivity contribution in [2.45, 2.75) is 58.8 Å². The van der Waals surface area contributed by atoms with E-state index in [4.69, 9.17) is 0 Å². The predicted octanol–water partition coefficient (Wildman–Crippen LogP) is 3.76. The first kappa shape index (κ1) is 7.64. The minimum absolute atomic E-state index is 0.773. The molecule has 0 amide bonds. The summed E-state index contributed by atoms with van der Waals surface area (Å²) in [5, 5.41) is 0. The van der Waals surface area contributed by atoms with Gasteiger partial charge in [0.15, 0.2) is 0 Å². The molecule has 2 aliphatic rings. The fraction of sp³-hybridized carbons (Fsp3) is 1.00. The molecule has 0 aliphatic heterocycles. The van der Waals surface area contributed by atoms with Crippen molar-refractivity contribution in [3.8, 4) is 0 Å². The van der Waals surface area contributed by atoms with Gasteiger partial charge in [0, 0.05) is 0 Å². The Labute approximate surface area is 70.4 Å². The highest BCUT2D eigenvalue weighted by Gasteiger charge is 2.50. The van der Waals surface area contributed by atoms with Crippen LogP contribution in [0.15, 0.2) is 0 Å². The summed E-state index contributed by atoms with van der Waals surface area (Å²) in [5.41, 5.74) is 1.60. The van der Waals surface area contributed by atoms with Crippen molar-refractivity contribution in [2.24, 2.45) is 10.8 Å². The molecule has 0 unspecified atom stereocenters. The molecule has 0 N–H and O–H groups in total. The largest absolute Gasteiger partial charge is 0.0654 e. The topological polar surface area (TPSA) is 0 Å². The van der Waals surface area contributed by atoms with Crippen molar-refractivity contribution in [1.29, 1.82) is 0 Å². The summed E-state index contributed by atoms with van der Waals surface area (Å²) in [6, 6.07) is 0. The average molecular weight is 152 g/mol. The van der Waals surface area contributed by atoms with Crippen LogP contribution in [0.2, 0.25) is 0 Å². The smallest absolute Gasteiger partial charge is 0.0292 e. The molecule has 0 radical (unpaired) electrons. The van der Waals surface area contributed by atoms with Gasteiger partial charge in [0.05, 0.1) is 0 Å². The van der Waals surface area contributed by atoms with E-state index in [1.165, 1.54) is 38.5 Å². The first-order valence-corrected chi connectivity index (χ1v) is 5.18. The Morgan fingerprint density at radius 2 is 1.73 bits per heavy atom. The summed E-state index contributed by atoms with van der Waals surface area (Å²) in [5.74, 6) is 0. The van der Waals surface area contributed by atoms with Crippen LogP contribution < -0.4 is 0 Å². The summed E-state index contributed by atoms with van der Waals surface area (Å²) in [4.78, 5) is 0. The van der Waals surface area contributed by atoms with E-state index in [-0.39, 0.29) is 0 Å². The molecular weight excluding hydrogens is 132 g/mol. The third-order valence-corrected chi connectivity index (χ3v) is 4.10. The zero-order valence-electron chi connectivity index (χ0n) is 7.95. The number of fused-ring (bicyclic) bond motifs is 2. The maximum atomic E-state index is 2.50. The van der Waals surface area contributed by atoms with Crippen molar-refractivity contribution in [1.82, 2.24) is 0 Å². The number of hydrogen-bond donors (Lipinski definition) is 0. The number of hydrogen-bond acceptors (Lipinski definition) is 0. The van der Waals surface area contributed by atoms with Crippen molar-refractivity contribution in [3.05, 3.63) is 0 Å². The third-order valence-electron chi connectivity index (χ3n) is 4.10. The van der Waals surface area contributed by atoms with Crippen molar-refractivity contribution in [2.75, 3.05) is 0 Å². The molecule has 0 atom stereocenters. The molecular formula is C11H20. The number of rotatable bonds is 2. The summed E-state index contributed by atoms with van der Waals surface area (Å²) < 4.78 is 0. The molecule has 0 saturated heterocycles. The Balaban J connectivity index is 2.08. The van der Waals surface area contributed by atoms with E-state index in [1.54, 1.807) is 6.42 Å². The van der Waals surface area contributed by atoms with Gasteiger partial charge in [-0.15, -0.1) is 0 Å². The second kappa shape index (κ2) is 2.24. The molecule has 0 heterocycles. The van der Waals surface area contributed by atoms with E-state index in [2.05, 4.69) is 13.8 Å². The van der Waals surface area contributed by atoms with Gasteiger partial charge >= 0.3 is 0 Å². The molecule has 0 heteroatoms. The second-order valence-electron chi connectivity index (χ2n) is 5.24. The fourth-order valence-corrected chi connectivity index (χ4v) is 3.51. The van der Waals surface area contributed by atoms with Gasteiger partial charge in [0.2, 0.25) is 0 Å². The van der Waals surface area contributed by atoms with Gasteiger partial charge < -0.3 is 0 Å². The van der Waals surface area contributed by atoms with Crippen LogP contribution in [0.4, 0.5) is 0 Å². The van der Waals surface area contributed by atoms with Gasteiger partial charge in [-0.2, -0.15) is 0 Å². The van der Waals surface area contributed by atoms with Crippen LogP contribution in [-0.4, -0.2) is 0 Å². The lowest BCUT2D eigenvalue weighted by Gasteiger charge is -2.25. The summed E-state index contributed by atoms with van der Waals surface area (Å²) in [6.45, 7) is 4.83. The first-order chi connectivity index (χ1) is 5.18. The van der Waals surface area contributed by atoms with E-state index in [0.29, 0.717) is 0 Å². The van der Waals surface area contributed by atoms with Crippen molar-refractivity contribution in [3.63, 3.8) is 0 Å². The Bertz CT molecular complexity index is 144. The lowest BCUT2D eigenvalue weighted by Crippen LogP contribution is -2.12. The molecule has 0 aromatic heterocycles. The minimum atomic E-state index is 0.773. The zero-order chi connectivity index (χ0) is 7.95. The van der Waals surface area contributed by atoms with Crippen LogP contribution in [0.3, 0.4) is 0 Å². The SMILES string of the molecule is CCCC12CCC(C)(CC1)C2. The van der Waals surface area contributed by atoms with Crippen LogP contribution in [0.25, 0.3) is 0 Å². The van der Waals surface area contributed by atoms with Gasteiger partial charge in [-0.3, -0.25) is 0 Å². The molecule has 2 aliphatic carbocycles. The van der Waals surface area contributed by atoms with E-state index in [9.17, 15) is 0 Å². The monoisotopic (exact) mass is 152 g/mol. The summed E-state index contributed by atoms with van der Waals surface area (Å²) >= 11 is 0. The molecule has 64 valence electrons. The van der Waals surface area contributed by atoms with E-state index >= 15 is 0 Å². The van der Waals surface area contributed by atoms with Crippen molar-refractivity contribution < 1.29 is 0 Å². The highest BCUT2D eigenvalue weighted by molar-refractivity contribution is 5.01. The van der Waals surface area contributed by atoms with Gasteiger partial charge in [-0.1, -0.05) is 20.3 Å². The molecule has 0 nitrogen and oxygen atoms in total. The lowest BCUT2D eigenvalue weighted by molar-refractivity contribution is 0.263. The zero-order valence-corrected chi connectivity index (χ0v) is 7.95. The van der Waals surface area contributed by atoms with Gasteiger partial charge in [0.25, 0.3) is 0 Å². The second-order valence-corrected chi connectivity index (χ2v) is 5.24. The Morgan fingerprint density at radius 1 is 1.09 bits per heavy atom. The molecule has 11 heavy (non-hydrogen) atoms. The highest BCUT2D eigenvalue weighted by atomic mass is 14.6. The Kier molecular flexibility index (Phi) is 1.56. The average Bonchev–Trinajstić information content (AvgIpc) is 2.42. The van der Waals surface area contributed by atoms with E-state index < -0.39 is 0 Å². The van der Waals surface area contributed by atoms with Crippen LogP contribution in [0, 0.1) is 10.8 Å². The minimum Gasteiger partial charge on any atom is -0.0654 e. The highest BCUT2D eigenvalue weighted by Crippen LogP contribution is 2.62. The van der Waals surface area contributed by atoms with Gasteiger partial charge in [0.1, 0.15) is 0 Å². The van der Waals surface area contributed by atoms with Crippen LogP contribution >= 0.6 is 0 Å². The molecule has 2 fully saturated rings. The van der Waals surface area contributed by atoms with E-state index in [1.807, 2.05) is 0 Å². The van der Waals surface area contributed by atoms with Gasteiger partial charge in [-0.25, -0.2) is 0 Å². The molecule has 2 rings (SSSR count). The molecule has 0 aromatic rings. The Morgan fingerprint density at radius 3 is 2.09 bits per heavy atom. The fourth-order valence-electron chi connectivity index (χ4n) is 3.51. The maximum absolute atomic E-state index is 2.50. The normalized spacial score (nSPS) is 48.5.